The summed E-state index contributed by atoms with van der Waals surface area (Å²) in [6, 6.07) is 4.45. The number of unbranched alkanes of at least 4 members (excludes halogenated alkanes) is 1. The van der Waals surface area contributed by atoms with E-state index in [1.807, 2.05) is 18.2 Å². The Morgan fingerprint density at radius 1 is 1.29 bits per heavy atom. The van der Waals surface area contributed by atoms with Crippen molar-refractivity contribution in [3.05, 3.63) is 30.2 Å². The van der Waals surface area contributed by atoms with Crippen molar-refractivity contribution >= 4 is 22.9 Å². The highest BCUT2D eigenvalue weighted by Crippen LogP contribution is 2.25. The Labute approximate surface area is 125 Å². The van der Waals surface area contributed by atoms with Crippen molar-refractivity contribution in [1.82, 2.24) is 15.0 Å². The summed E-state index contributed by atoms with van der Waals surface area (Å²) in [5.74, 6) is 1.65. The zero-order valence-corrected chi connectivity index (χ0v) is 12.5. The van der Waals surface area contributed by atoms with E-state index in [0.29, 0.717) is 6.04 Å². The van der Waals surface area contributed by atoms with Gasteiger partial charge in [-0.05, 0) is 37.5 Å². The zero-order chi connectivity index (χ0) is 14.5. The first-order valence-corrected chi connectivity index (χ1v) is 7.92. The monoisotopic (exact) mass is 282 g/mol. The van der Waals surface area contributed by atoms with Crippen LogP contribution in [0.15, 0.2) is 24.4 Å². The van der Waals surface area contributed by atoms with Crippen LogP contribution in [-0.2, 0) is 0 Å². The Balaban J connectivity index is 1.94. The molecule has 1 aliphatic carbocycles. The number of rotatable bonds is 5. The molecule has 4 nitrogen and oxygen atoms in total. The molecule has 2 aromatic rings. The van der Waals surface area contributed by atoms with E-state index in [4.69, 9.17) is 0 Å². The lowest BCUT2D eigenvalue weighted by Gasteiger charge is -2.14. The van der Waals surface area contributed by atoms with Crippen LogP contribution in [0.2, 0.25) is 0 Å². The van der Waals surface area contributed by atoms with Gasteiger partial charge in [-0.1, -0.05) is 32.3 Å². The minimum absolute atomic E-state index is 0.526. The number of hydrogen-bond donors (Lipinski definition) is 1. The van der Waals surface area contributed by atoms with Gasteiger partial charge >= 0.3 is 0 Å². The van der Waals surface area contributed by atoms with Crippen molar-refractivity contribution < 1.29 is 0 Å². The van der Waals surface area contributed by atoms with E-state index < -0.39 is 0 Å². The summed E-state index contributed by atoms with van der Waals surface area (Å²) in [4.78, 5) is 13.7. The van der Waals surface area contributed by atoms with Crippen molar-refractivity contribution in [1.29, 1.82) is 0 Å². The van der Waals surface area contributed by atoms with Crippen LogP contribution in [0.1, 0.15) is 51.3 Å². The summed E-state index contributed by atoms with van der Waals surface area (Å²) in [5.41, 5.74) is 1.78. The van der Waals surface area contributed by atoms with Crippen LogP contribution in [0.25, 0.3) is 17.1 Å². The van der Waals surface area contributed by atoms with Gasteiger partial charge in [-0.15, -0.1) is 0 Å². The normalized spacial score (nSPS) is 16.0. The average Bonchev–Trinajstić information content (AvgIpc) is 3.01. The lowest BCUT2D eigenvalue weighted by atomic mass is 10.2. The second-order valence-electron chi connectivity index (χ2n) is 5.62. The van der Waals surface area contributed by atoms with Crippen LogP contribution in [-0.4, -0.2) is 21.0 Å². The van der Waals surface area contributed by atoms with E-state index >= 15 is 0 Å². The van der Waals surface area contributed by atoms with Crippen molar-refractivity contribution in [2.24, 2.45) is 0 Å². The molecule has 0 radical (unpaired) electrons. The minimum atomic E-state index is 0.526. The Kier molecular flexibility index (Phi) is 4.43. The number of aromatic nitrogens is 3. The van der Waals surface area contributed by atoms with E-state index in [1.54, 1.807) is 6.20 Å². The molecule has 0 spiro atoms. The van der Waals surface area contributed by atoms with Crippen LogP contribution in [0, 0.1) is 0 Å². The van der Waals surface area contributed by atoms with Gasteiger partial charge < -0.3 is 5.32 Å². The third-order valence-corrected chi connectivity index (χ3v) is 3.89. The number of allylic oxidation sites excluding steroid dienone is 1. The molecule has 0 aliphatic heterocycles. The molecular weight excluding hydrogens is 260 g/mol. The molecule has 4 heteroatoms. The van der Waals surface area contributed by atoms with Crippen molar-refractivity contribution in [2.45, 2.75) is 51.5 Å². The fourth-order valence-corrected chi connectivity index (χ4v) is 2.78. The number of hydrogen-bond acceptors (Lipinski definition) is 4. The maximum Gasteiger partial charge on any atom is 0.156 e. The molecule has 0 aromatic carbocycles. The molecule has 1 saturated carbocycles. The molecule has 2 heterocycles. The van der Waals surface area contributed by atoms with Gasteiger partial charge in [0.15, 0.2) is 11.6 Å². The number of pyridine rings is 1. The summed E-state index contributed by atoms with van der Waals surface area (Å²) in [6.45, 7) is 2.17. The Bertz CT molecular complexity index is 630. The predicted molar refractivity (Wildman–Crippen MR) is 87.2 cm³/mol. The highest BCUT2D eigenvalue weighted by molar-refractivity contribution is 5.85. The fourth-order valence-electron chi connectivity index (χ4n) is 2.78. The topological polar surface area (TPSA) is 50.7 Å². The molecule has 3 rings (SSSR count). The molecular formula is C17H22N4. The van der Waals surface area contributed by atoms with Gasteiger partial charge in [-0.3, -0.25) is 4.98 Å². The first-order valence-electron chi connectivity index (χ1n) is 7.92. The lowest BCUT2D eigenvalue weighted by molar-refractivity contribution is 0.751. The predicted octanol–water partition coefficient (Wildman–Crippen LogP) is 4.19. The molecule has 0 unspecified atom stereocenters. The van der Waals surface area contributed by atoms with Gasteiger partial charge in [0, 0.05) is 12.2 Å². The van der Waals surface area contributed by atoms with Crippen LogP contribution < -0.4 is 5.32 Å². The van der Waals surface area contributed by atoms with Gasteiger partial charge in [-0.2, -0.15) is 0 Å². The van der Waals surface area contributed by atoms with E-state index in [1.165, 1.54) is 25.7 Å². The minimum Gasteiger partial charge on any atom is -0.365 e. The van der Waals surface area contributed by atoms with Crippen LogP contribution >= 0.6 is 0 Å². The van der Waals surface area contributed by atoms with E-state index in [-0.39, 0.29) is 0 Å². The number of nitrogens with zero attached hydrogens (tertiary/aromatic N) is 3. The number of fused-ring (bicyclic) bond motifs is 1. The van der Waals surface area contributed by atoms with Gasteiger partial charge in [-0.25, -0.2) is 9.97 Å². The SMILES string of the molecule is CCC/C=C/c1nc(NC2CCCC2)c2ncccc2n1. The number of nitrogens with one attached hydrogen (secondary N) is 1. The second kappa shape index (κ2) is 6.66. The maximum atomic E-state index is 4.66. The summed E-state index contributed by atoms with van der Waals surface area (Å²) in [5, 5.41) is 3.57. The smallest absolute Gasteiger partial charge is 0.156 e. The number of anilines is 1. The van der Waals surface area contributed by atoms with E-state index in [2.05, 4.69) is 33.3 Å². The second-order valence-corrected chi connectivity index (χ2v) is 5.62. The molecule has 2 aromatic heterocycles. The largest absolute Gasteiger partial charge is 0.365 e. The molecule has 0 atom stereocenters. The molecule has 110 valence electrons. The molecule has 1 fully saturated rings. The average molecular weight is 282 g/mol. The van der Waals surface area contributed by atoms with E-state index in [9.17, 15) is 0 Å². The van der Waals surface area contributed by atoms with Crippen molar-refractivity contribution in [3.8, 4) is 0 Å². The van der Waals surface area contributed by atoms with Crippen LogP contribution in [0.4, 0.5) is 5.82 Å². The third-order valence-electron chi connectivity index (χ3n) is 3.89. The first kappa shape index (κ1) is 14.0. The maximum absolute atomic E-state index is 4.66. The van der Waals surface area contributed by atoms with Crippen LogP contribution in [0.3, 0.4) is 0 Å². The van der Waals surface area contributed by atoms with Crippen molar-refractivity contribution in [3.63, 3.8) is 0 Å². The Morgan fingerprint density at radius 3 is 2.95 bits per heavy atom. The molecule has 0 amide bonds. The third kappa shape index (κ3) is 3.38. The highest BCUT2D eigenvalue weighted by atomic mass is 15.1. The summed E-state index contributed by atoms with van der Waals surface area (Å²) in [7, 11) is 0. The molecule has 0 bridgehead atoms. The summed E-state index contributed by atoms with van der Waals surface area (Å²) < 4.78 is 0. The van der Waals surface area contributed by atoms with Gasteiger partial charge in [0.2, 0.25) is 0 Å². The summed E-state index contributed by atoms with van der Waals surface area (Å²) in [6.07, 6.45) is 13.2. The first-order chi connectivity index (χ1) is 10.4. The van der Waals surface area contributed by atoms with Gasteiger partial charge in [0.1, 0.15) is 5.52 Å². The molecule has 1 aliphatic rings. The van der Waals surface area contributed by atoms with E-state index in [0.717, 1.165) is 35.5 Å². The van der Waals surface area contributed by atoms with Gasteiger partial charge in [0.25, 0.3) is 0 Å². The van der Waals surface area contributed by atoms with Crippen LogP contribution in [0.5, 0.6) is 0 Å². The molecule has 21 heavy (non-hydrogen) atoms. The quantitative estimate of drug-likeness (QED) is 0.893. The van der Waals surface area contributed by atoms with Gasteiger partial charge in [0.05, 0.1) is 5.52 Å². The Hall–Kier alpha value is -1.97. The lowest BCUT2D eigenvalue weighted by Crippen LogP contribution is -2.16. The standard InChI is InChI=1S/C17H22N4/c1-2-3-4-11-15-20-14-10-7-12-18-16(14)17(21-15)19-13-8-5-6-9-13/h4,7,10-13H,2-3,5-6,8-9H2,1H3,(H,19,20,21)/b11-4+. The van der Waals surface area contributed by atoms with Crippen molar-refractivity contribution in [2.75, 3.05) is 5.32 Å². The fraction of sp³-hybridized carbons (Fsp3) is 0.471. The molecule has 1 N–H and O–H groups in total. The summed E-state index contributed by atoms with van der Waals surface area (Å²) >= 11 is 0. The molecule has 0 saturated heterocycles. The highest BCUT2D eigenvalue weighted by Gasteiger charge is 2.17. The zero-order valence-electron chi connectivity index (χ0n) is 12.5. The Morgan fingerprint density at radius 2 is 2.14 bits per heavy atom.